The largest absolute Gasteiger partial charge is 0.369 e. The van der Waals surface area contributed by atoms with Crippen LogP contribution >= 0.6 is 0 Å². The van der Waals surface area contributed by atoms with Gasteiger partial charge in [0.1, 0.15) is 5.52 Å². The Morgan fingerprint density at radius 2 is 2.17 bits per heavy atom. The standard InChI is InChI=1S/C13H21N5/c1-9-7-11-12(15-8-9)18(13(14)16-11)10(2)5-6-17(3)4/h7-8,10H,5-6H2,1-4H3,(H2,14,16). The molecule has 0 amide bonds. The number of pyridine rings is 1. The molecule has 0 aliphatic heterocycles. The highest BCUT2D eigenvalue weighted by atomic mass is 15.2. The third-order valence-electron chi connectivity index (χ3n) is 3.13. The summed E-state index contributed by atoms with van der Waals surface area (Å²) in [5.41, 5.74) is 8.87. The first-order chi connectivity index (χ1) is 8.49. The highest BCUT2D eigenvalue weighted by Crippen LogP contribution is 2.23. The van der Waals surface area contributed by atoms with Gasteiger partial charge in [0.2, 0.25) is 5.95 Å². The fraction of sp³-hybridized carbons (Fsp3) is 0.538. The molecule has 0 aliphatic carbocycles. The van der Waals surface area contributed by atoms with Gasteiger partial charge in [-0.2, -0.15) is 0 Å². The first-order valence-corrected chi connectivity index (χ1v) is 6.24. The Labute approximate surface area is 108 Å². The van der Waals surface area contributed by atoms with Gasteiger partial charge in [0.25, 0.3) is 0 Å². The van der Waals surface area contributed by atoms with E-state index in [-0.39, 0.29) is 0 Å². The molecule has 1 atom stereocenters. The monoisotopic (exact) mass is 247 g/mol. The van der Waals surface area contributed by atoms with Crippen molar-refractivity contribution in [1.82, 2.24) is 19.4 Å². The van der Waals surface area contributed by atoms with Gasteiger partial charge in [-0.3, -0.25) is 4.57 Å². The number of anilines is 1. The summed E-state index contributed by atoms with van der Waals surface area (Å²) < 4.78 is 2.03. The lowest BCUT2D eigenvalue weighted by atomic mass is 10.2. The number of imidazole rings is 1. The molecule has 2 heterocycles. The minimum Gasteiger partial charge on any atom is -0.369 e. The summed E-state index contributed by atoms with van der Waals surface area (Å²) in [6.07, 6.45) is 2.89. The summed E-state index contributed by atoms with van der Waals surface area (Å²) in [5, 5.41) is 0. The number of hydrogen-bond donors (Lipinski definition) is 1. The minimum atomic E-state index is 0.299. The van der Waals surface area contributed by atoms with Gasteiger partial charge in [0, 0.05) is 12.2 Å². The van der Waals surface area contributed by atoms with E-state index in [2.05, 4.69) is 35.9 Å². The summed E-state index contributed by atoms with van der Waals surface area (Å²) in [5.74, 6) is 0.550. The van der Waals surface area contributed by atoms with E-state index in [1.54, 1.807) is 0 Å². The first-order valence-electron chi connectivity index (χ1n) is 6.24. The second-order valence-corrected chi connectivity index (χ2v) is 5.14. The van der Waals surface area contributed by atoms with Crippen LogP contribution in [0.4, 0.5) is 5.95 Å². The molecule has 0 radical (unpaired) electrons. The number of rotatable bonds is 4. The Morgan fingerprint density at radius 1 is 1.44 bits per heavy atom. The van der Waals surface area contributed by atoms with E-state index in [1.165, 1.54) is 0 Å². The maximum atomic E-state index is 6.01. The second-order valence-electron chi connectivity index (χ2n) is 5.14. The maximum absolute atomic E-state index is 6.01. The van der Waals surface area contributed by atoms with Crippen LogP contribution in [0.15, 0.2) is 12.3 Å². The van der Waals surface area contributed by atoms with Gasteiger partial charge < -0.3 is 10.6 Å². The van der Waals surface area contributed by atoms with Crippen molar-refractivity contribution in [2.24, 2.45) is 0 Å². The number of aromatic nitrogens is 3. The summed E-state index contributed by atoms with van der Waals surface area (Å²) >= 11 is 0. The van der Waals surface area contributed by atoms with Crippen molar-refractivity contribution < 1.29 is 0 Å². The van der Waals surface area contributed by atoms with Crippen LogP contribution in [-0.4, -0.2) is 40.1 Å². The van der Waals surface area contributed by atoms with E-state index in [0.29, 0.717) is 12.0 Å². The van der Waals surface area contributed by atoms with Crippen molar-refractivity contribution in [3.63, 3.8) is 0 Å². The zero-order chi connectivity index (χ0) is 13.3. The number of aryl methyl sites for hydroxylation is 1. The molecule has 0 aromatic carbocycles. The molecule has 0 saturated heterocycles. The first kappa shape index (κ1) is 12.8. The summed E-state index contributed by atoms with van der Waals surface area (Å²) in [7, 11) is 4.15. The van der Waals surface area contributed by atoms with Gasteiger partial charge in [-0.1, -0.05) is 0 Å². The third kappa shape index (κ3) is 2.46. The molecular weight excluding hydrogens is 226 g/mol. The molecule has 5 nitrogen and oxygen atoms in total. The molecule has 2 aromatic rings. The molecule has 98 valence electrons. The van der Waals surface area contributed by atoms with Crippen LogP contribution in [0.3, 0.4) is 0 Å². The number of nitrogen functional groups attached to an aromatic ring is 1. The summed E-state index contributed by atoms with van der Waals surface area (Å²) in [6.45, 7) is 5.19. The topological polar surface area (TPSA) is 60.0 Å². The van der Waals surface area contributed by atoms with Gasteiger partial charge in [0.05, 0.1) is 0 Å². The van der Waals surface area contributed by atoms with Crippen LogP contribution in [0, 0.1) is 6.92 Å². The molecule has 2 rings (SSSR count). The van der Waals surface area contributed by atoms with Gasteiger partial charge in [-0.15, -0.1) is 0 Å². The van der Waals surface area contributed by atoms with Crippen molar-refractivity contribution in [3.05, 3.63) is 17.8 Å². The lowest BCUT2D eigenvalue weighted by Crippen LogP contribution is -2.18. The van der Waals surface area contributed by atoms with E-state index in [1.807, 2.05) is 23.8 Å². The molecule has 2 aromatic heterocycles. The van der Waals surface area contributed by atoms with E-state index >= 15 is 0 Å². The molecule has 5 heteroatoms. The fourth-order valence-electron chi connectivity index (χ4n) is 2.11. The smallest absolute Gasteiger partial charge is 0.202 e. The molecule has 0 spiro atoms. The van der Waals surface area contributed by atoms with Gasteiger partial charge >= 0.3 is 0 Å². The predicted octanol–water partition coefficient (Wildman–Crippen LogP) is 1.83. The Morgan fingerprint density at radius 3 is 2.83 bits per heavy atom. The second kappa shape index (κ2) is 4.94. The van der Waals surface area contributed by atoms with Gasteiger partial charge in [0.15, 0.2) is 5.65 Å². The van der Waals surface area contributed by atoms with Gasteiger partial charge in [-0.05, 0) is 52.5 Å². The molecule has 0 saturated carbocycles. The number of fused-ring (bicyclic) bond motifs is 1. The van der Waals surface area contributed by atoms with Crippen LogP contribution in [-0.2, 0) is 0 Å². The Balaban J connectivity index is 2.34. The van der Waals surface area contributed by atoms with Crippen molar-refractivity contribution >= 4 is 17.1 Å². The van der Waals surface area contributed by atoms with E-state index < -0.39 is 0 Å². The zero-order valence-corrected chi connectivity index (χ0v) is 11.5. The van der Waals surface area contributed by atoms with Crippen LogP contribution in [0.1, 0.15) is 24.9 Å². The van der Waals surface area contributed by atoms with Crippen LogP contribution < -0.4 is 5.73 Å². The van der Waals surface area contributed by atoms with Crippen LogP contribution in [0.25, 0.3) is 11.2 Å². The Kier molecular flexibility index (Phi) is 3.52. The van der Waals surface area contributed by atoms with Crippen LogP contribution in [0.5, 0.6) is 0 Å². The highest BCUT2D eigenvalue weighted by Gasteiger charge is 2.15. The summed E-state index contributed by atoms with van der Waals surface area (Å²) in [6, 6.07) is 2.32. The Hall–Kier alpha value is -1.62. The van der Waals surface area contributed by atoms with E-state index in [0.717, 1.165) is 29.7 Å². The molecule has 0 aliphatic rings. The average Bonchev–Trinajstić information content (AvgIpc) is 2.61. The zero-order valence-electron chi connectivity index (χ0n) is 11.5. The summed E-state index contributed by atoms with van der Waals surface area (Å²) in [4.78, 5) is 11.0. The third-order valence-corrected chi connectivity index (χ3v) is 3.13. The van der Waals surface area contributed by atoms with Crippen LogP contribution in [0.2, 0.25) is 0 Å². The maximum Gasteiger partial charge on any atom is 0.202 e. The van der Waals surface area contributed by atoms with E-state index in [4.69, 9.17) is 5.73 Å². The minimum absolute atomic E-state index is 0.299. The molecular formula is C13H21N5. The average molecular weight is 247 g/mol. The fourth-order valence-corrected chi connectivity index (χ4v) is 2.11. The van der Waals surface area contributed by atoms with Crippen molar-refractivity contribution in [1.29, 1.82) is 0 Å². The number of hydrogen-bond acceptors (Lipinski definition) is 4. The molecule has 2 N–H and O–H groups in total. The molecule has 18 heavy (non-hydrogen) atoms. The van der Waals surface area contributed by atoms with E-state index in [9.17, 15) is 0 Å². The number of nitrogens with zero attached hydrogens (tertiary/aromatic N) is 4. The normalized spacial score (nSPS) is 13.4. The molecule has 0 bridgehead atoms. The van der Waals surface area contributed by atoms with Crippen molar-refractivity contribution in [2.75, 3.05) is 26.4 Å². The Bertz CT molecular complexity index is 544. The van der Waals surface area contributed by atoms with Crippen molar-refractivity contribution in [3.8, 4) is 0 Å². The SMILES string of the molecule is Cc1cnc2c(c1)nc(N)n2C(C)CCN(C)C. The molecule has 1 unspecified atom stereocenters. The predicted molar refractivity (Wildman–Crippen MR) is 74.6 cm³/mol. The molecule has 0 fully saturated rings. The lowest BCUT2D eigenvalue weighted by molar-refractivity contribution is 0.361. The van der Waals surface area contributed by atoms with Gasteiger partial charge in [-0.25, -0.2) is 9.97 Å². The highest BCUT2D eigenvalue weighted by molar-refractivity contribution is 5.74. The van der Waals surface area contributed by atoms with Crippen molar-refractivity contribution in [2.45, 2.75) is 26.3 Å². The lowest BCUT2D eigenvalue weighted by Gasteiger charge is -2.17. The quantitative estimate of drug-likeness (QED) is 0.895. The number of nitrogens with two attached hydrogens (primary N) is 1.